The molecular formula is C13H16FN3O2S. The minimum Gasteiger partial charge on any atom is -0.329 e. The van der Waals surface area contributed by atoms with Gasteiger partial charge < -0.3 is 4.57 Å². The SMILES string of the molecule is CC(C)c1nc(S(N)(=O)=O)cn1Cc1ccccc1F. The number of imidazole rings is 1. The number of primary sulfonamides is 1. The highest BCUT2D eigenvalue weighted by molar-refractivity contribution is 7.89. The molecule has 0 fully saturated rings. The first-order chi connectivity index (χ1) is 9.29. The molecule has 5 nitrogen and oxygen atoms in total. The summed E-state index contributed by atoms with van der Waals surface area (Å²) in [6.45, 7) is 3.98. The number of nitrogens with two attached hydrogens (primary N) is 1. The quantitative estimate of drug-likeness (QED) is 0.935. The molecule has 0 aliphatic carbocycles. The van der Waals surface area contributed by atoms with Gasteiger partial charge in [0.1, 0.15) is 11.6 Å². The second kappa shape index (κ2) is 5.34. The molecule has 2 N–H and O–H groups in total. The minimum atomic E-state index is -3.87. The van der Waals surface area contributed by atoms with Crippen LogP contribution in [0.25, 0.3) is 0 Å². The highest BCUT2D eigenvalue weighted by atomic mass is 32.2. The van der Waals surface area contributed by atoms with Crippen molar-refractivity contribution in [1.82, 2.24) is 9.55 Å². The largest absolute Gasteiger partial charge is 0.329 e. The first-order valence-electron chi connectivity index (χ1n) is 6.12. The molecule has 0 saturated heterocycles. The van der Waals surface area contributed by atoms with Crippen LogP contribution in [0.15, 0.2) is 35.5 Å². The van der Waals surface area contributed by atoms with Crippen molar-refractivity contribution in [3.05, 3.63) is 47.7 Å². The van der Waals surface area contributed by atoms with Crippen LogP contribution in [0.2, 0.25) is 0 Å². The van der Waals surface area contributed by atoms with Crippen molar-refractivity contribution in [3.63, 3.8) is 0 Å². The van der Waals surface area contributed by atoms with Gasteiger partial charge in [0.05, 0.1) is 6.54 Å². The van der Waals surface area contributed by atoms with Crippen molar-refractivity contribution in [2.24, 2.45) is 5.14 Å². The van der Waals surface area contributed by atoms with E-state index in [2.05, 4.69) is 4.98 Å². The molecule has 1 aromatic heterocycles. The zero-order valence-corrected chi connectivity index (χ0v) is 12.1. The molecular weight excluding hydrogens is 281 g/mol. The predicted octanol–water partition coefficient (Wildman–Crippen LogP) is 1.84. The molecule has 1 aromatic carbocycles. The third-order valence-corrected chi connectivity index (χ3v) is 3.67. The molecule has 2 rings (SSSR count). The molecule has 0 saturated carbocycles. The maximum absolute atomic E-state index is 13.7. The van der Waals surface area contributed by atoms with Gasteiger partial charge in [-0.15, -0.1) is 0 Å². The summed E-state index contributed by atoms with van der Waals surface area (Å²) in [4.78, 5) is 4.03. The second-order valence-electron chi connectivity index (χ2n) is 4.86. The van der Waals surface area contributed by atoms with Gasteiger partial charge in [0, 0.05) is 17.7 Å². The van der Waals surface area contributed by atoms with Crippen LogP contribution in [-0.4, -0.2) is 18.0 Å². The molecule has 7 heteroatoms. The number of nitrogens with zero attached hydrogens (tertiary/aromatic N) is 2. The number of hydrogen-bond donors (Lipinski definition) is 1. The summed E-state index contributed by atoms with van der Waals surface area (Å²) in [5, 5.41) is 4.89. The number of sulfonamides is 1. The molecule has 0 spiro atoms. The normalized spacial score (nSPS) is 12.1. The van der Waals surface area contributed by atoms with E-state index in [0.29, 0.717) is 11.4 Å². The van der Waals surface area contributed by atoms with Crippen molar-refractivity contribution in [2.45, 2.75) is 31.3 Å². The fraction of sp³-hybridized carbons (Fsp3) is 0.308. The van der Waals surface area contributed by atoms with Crippen molar-refractivity contribution in [1.29, 1.82) is 0 Å². The fourth-order valence-electron chi connectivity index (χ4n) is 1.94. The number of halogens is 1. The van der Waals surface area contributed by atoms with Gasteiger partial charge in [-0.05, 0) is 6.07 Å². The highest BCUT2D eigenvalue weighted by Crippen LogP contribution is 2.19. The van der Waals surface area contributed by atoms with E-state index < -0.39 is 10.0 Å². The van der Waals surface area contributed by atoms with Gasteiger partial charge in [-0.3, -0.25) is 0 Å². The maximum Gasteiger partial charge on any atom is 0.257 e. The summed E-state index contributed by atoms with van der Waals surface area (Å²) in [7, 11) is -3.87. The lowest BCUT2D eigenvalue weighted by Gasteiger charge is -2.10. The van der Waals surface area contributed by atoms with E-state index in [1.54, 1.807) is 22.8 Å². The van der Waals surface area contributed by atoms with E-state index in [9.17, 15) is 12.8 Å². The Hall–Kier alpha value is -1.73. The van der Waals surface area contributed by atoms with Gasteiger partial charge >= 0.3 is 0 Å². The molecule has 0 radical (unpaired) electrons. The summed E-state index contributed by atoms with van der Waals surface area (Å²) < 4.78 is 38.0. The van der Waals surface area contributed by atoms with Crippen LogP contribution in [-0.2, 0) is 16.6 Å². The Morgan fingerprint density at radius 3 is 2.55 bits per heavy atom. The zero-order chi connectivity index (χ0) is 14.9. The number of rotatable bonds is 4. The molecule has 0 amide bonds. The molecule has 2 aromatic rings. The third-order valence-electron chi connectivity index (χ3n) is 2.89. The Morgan fingerprint density at radius 2 is 2.00 bits per heavy atom. The molecule has 0 atom stereocenters. The Morgan fingerprint density at radius 1 is 1.35 bits per heavy atom. The Balaban J connectivity index is 2.46. The van der Waals surface area contributed by atoms with E-state index in [1.165, 1.54) is 12.3 Å². The van der Waals surface area contributed by atoms with E-state index in [1.807, 2.05) is 13.8 Å². The topological polar surface area (TPSA) is 78.0 Å². The van der Waals surface area contributed by atoms with Crippen molar-refractivity contribution in [3.8, 4) is 0 Å². The first kappa shape index (κ1) is 14.7. The van der Waals surface area contributed by atoms with Crippen LogP contribution < -0.4 is 5.14 Å². The van der Waals surface area contributed by atoms with Gasteiger partial charge in [0.15, 0.2) is 5.03 Å². The van der Waals surface area contributed by atoms with Gasteiger partial charge in [0.2, 0.25) is 0 Å². The van der Waals surface area contributed by atoms with Gasteiger partial charge in [-0.25, -0.2) is 22.9 Å². The van der Waals surface area contributed by atoms with E-state index in [0.717, 1.165) is 0 Å². The average molecular weight is 297 g/mol. The number of benzene rings is 1. The van der Waals surface area contributed by atoms with Crippen LogP contribution in [0.3, 0.4) is 0 Å². The fourth-order valence-corrected chi connectivity index (χ4v) is 2.43. The van der Waals surface area contributed by atoms with E-state index in [-0.39, 0.29) is 23.3 Å². The zero-order valence-electron chi connectivity index (χ0n) is 11.2. The Kier molecular flexibility index (Phi) is 3.92. The molecule has 0 aliphatic rings. The standard InChI is InChI=1S/C13H16FN3O2S/c1-9(2)13-16-12(20(15,18)19)8-17(13)7-10-5-3-4-6-11(10)14/h3-6,8-9H,7H2,1-2H3,(H2,15,18,19). The summed E-state index contributed by atoms with van der Waals surface area (Å²) in [5.41, 5.74) is 0.466. The lowest BCUT2D eigenvalue weighted by molar-refractivity contribution is 0.588. The Bertz CT molecular complexity index is 723. The second-order valence-corrected chi connectivity index (χ2v) is 6.36. The summed E-state index contributed by atoms with van der Waals surface area (Å²) in [6.07, 6.45) is 1.34. The maximum atomic E-state index is 13.7. The molecule has 0 bridgehead atoms. The molecule has 1 heterocycles. The number of aromatic nitrogens is 2. The summed E-state index contributed by atoms with van der Waals surface area (Å²) in [5.74, 6) is 0.211. The minimum absolute atomic E-state index is 0.00252. The smallest absolute Gasteiger partial charge is 0.257 e. The predicted molar refractivity (Wildman–Crippen MR) is 73.2 cm³/mol. The first-order valence-corrected chi connectivity index (χ1v) is 7.67. The highest BCUT2D eigenvalue weighted by Gasteiger charge is 2.18. The van der Waals surface area contributed by atoms with E-state index >= 15 is 0 Å². The molecule has 108 valence electrons. The van der Waals surface area contributed by atoms with Crippen LogP contribution >= 0.6 is 0 Å². The lowest BCUT2D eigenvalue weighted by Crippen LogP contribution is -2.12. The monoisotopic (exact) mass is 297 g/mol. The number of hydrogen-bond acceptors (Lipinski definition) is 3. The van der Waals surface area contributed by atoms with Gasteiger partial charge in [0.25, 0.3) is 10.0 Å². The lowest BCUT2D eigenvalue weighted by atomic mass is 10.2. The summed E-state index contributed by atoms with van der Waals surface area (Å²) in [6, 6.07) is 6.34. The van der Waals surface area contributed by atoms with Crippen LogP contribution in [0.5, 0.6) is 0 Å². The average Bonchev–Trinajstić information content (AvgIpc) is 2.76. The van der Waals surface area contributed by atoms with Crippen molar-refractivity contribution >= 4 is 10.0 Å². The van der Waals surface area contributed by atoms with E-state index in [4.69, 9.17) is 5.14 Å². The Labute approximate surface area is 117 Å². The van der Waals surface area contributed by atoms with Crippen LogP contribution in [0.1, 0.15) is 31.2 Å². The molecule has 0 aliphatic heterocycles. The van der Waals surface area contributed by atoms with Gasteiger partial charge in [-0.2, -0.15) is 0 Å². The molecule has 20 heavy (non-hydrogen) atoms. The van der Waals surface area contributed by atoms with Crippen molar-refractivity contribution < 1.29 is 12.8 Å². The third kappa shape index (κ3) is 3.05. The summed E-state index contributed by atoms with van der Waals surface area (Å²) >= 11 is 0. The van der Waals surface area contributed by atoms with Crippen LogP contribution in [0.4, 0.5) is 4.39 Å². The van der Waals surface area contributed by atoms with Gasteiger partial charge in [-0.1, -0.05) is 32.0 Å². The van der Waals surface area contributed by atoms with Crippen molar-refractivity contribution in [2.75, 3.05) is 0 Å². The van der Waals surface area contributed by atoms with Crippen LogP contribution in [0, 0.1) is 5.82 Å². The molecule has 0 unspecified atom stereocenters.